The summed E-state index contributed by atoms with van der Waals surface area (Å²) < 4.78 is 0. The summed E-state index contributed by atoms with van der Waals surface area (Å²) >= 11 is 0. The van der Waals surface area contributed by atoms with Crippen LogP contribution in [0.3, 0.4) is 0 Å². The molecule has 0 aliphatic rings. The molecular weight excluding hydrogens is 154 g/mol. The van der Waals surface area contributed by atoms with Gasteiger partial charge in [-0.1, -0.05) is 0 Å². The molecule has 0 aromatic heterocycles. The first kappa shape index (κ1) is 8.67. The highest BCUT2D eigenvalue weighted by Gasteiger charge is 1.99. The second kappa shape index (κ2) is 3.82. The fraction of sp³-hybridized carbons (Fsp3) is 0.250. The summed E-state index contributed by atoms with van der Waals surface area (Å²) in [5, 5.41) is 16.7. The average Bonchev–Trinajstić information content (AvgIpc) is 2.09. The minimum absolute atomic E-state index is 0.201. The van der Waals surface area contributed by atoms with Crippen LogP contribution in [0.15, 0.2) is 28.4 Å². The Morgan fingerprint density at radius 3 is 2.83 bits per heavy atom. The van der Waals surface area contributed by atoms with Crippen molar-refractivity contribution in [2.24, 2.45) is 16.0 Å². The van der Waals surface area contributed by atoms with Gasteiger partial charge in [0.2, 0.25) is 0 Å². The standard InChI is InChI=1S/C8H11N3O/c1-10-11-7-2-3-8(12)6(4-7)5-9/h2-4,12H,5,9H2,1H3. The Bertz CT molecular complexity index is 296. The number of hydrogen-bond acceptors (Lipinski definition) is 4. The Labute approximate surface area is 70.7 Å². The number of nitrogens with two attached hydrogens (primary N) is 1. The Morgan fingerprint density at radius 2 is 2.25 bits per heavy atom. The van der Waals surface area contributed by atoms with Gasteiger partial charge in [-0.05, 0) is 18.2 Å². The second-order valence-electron chi connectivity index (χ2n) is 2.32. The molecule has 12 heavy (non-hydrogen) atoms. The van der Waals surface area contributed by atoms with Crippen LogP contribution < -0.4 is 5.73 Å². The first-order chi connectivity index (χ1) is 5.77. The summed E-state index contributed by atoms with van der Waals surface area (Å²) in [5.74, 6) is 0.201. The summed E-state index contributed by atoms with van der Waals surface area (Å²) in [6, 6.07) is 4.95. The molecule has 1 aromatic carbocycles. The van der Waals surface area contributed by atoms with Gasteiger partial charge in [0.25, 0.3) is 0 Å². The molecule has 0 atom stereocenters. The highest BCUT2D eigenvalue weighted by molar-refractivity contribution is 5.46. The van der Waals surface area contributed by atoms with Crippen LogP contribution >= 0.6 is 0 Å². The smallest absolute Gasteiger partial charge is 0.120 e. The molecule has 1 aromatic rings. The largest absolute Gasteiger partial charge is 0.508 e. The van der Waals surface area contributed by atoms with Gasteiger partial charge in [0.05, 0.1) is 5.69 Å². The van der Waals surface area contributed by atoms with Gasteiger partial charge in [-0.3, -0.25) is 0 Å². The first-order valence-electron chi connectivity index (χ1n) is 3.59. The van der Waals surface area contributed by atoms with E-state index in [9.17, 15) is 5.11 Å². The summed E-state index contributed by atoms with van der Waals surface area (Å²) in [7, 11) is 1.59. The molecule has 0 radical (unpaired) electrons. The van der Waals surface area contributed by atoms with Crippen LogP contribution in [0, 0.1) is 0 Å². The Balaban J connectivity index is 3.05. The molecule has 0 aliphatic heterocycles. The summed E-state index contributed by atoms with van der Waals surface area (Å²) in [6.07, 6.45) is 0. The minimum atomic E-state index is 0.201. The first-order valence-corrected chi connectivity index (χ1v) is 3.59. The van der Waals surface area contributed by atoms with Crippen molar-refractivity contribution in [3.05, 3.63) is 23.8 Å². The number of phenolic OH excluding ortho intramolecular Hbond substituents is 1. The third-order valence-electron chi connectivity index (χ3n) is 1.50. The zero-order valence-electron chi connectivity index (χ0n) is 6.86. The van der Waals surface area contributed by atoms with Crippen LogP contribution in [0.4, 0.5) is 5.69 Å². The van der Waals surface area contributed by atoms with Crippen molar-refractivity contribution in [1.82, 2.24) is 0 Å². The fourth-order valence-electron chi connectivity index (χ4n) is 0.913. The van der Waals surface area contributed by atoms with Gasteiger partial charge in [0.1, 0.15) is 5.75 Å². The van der Waals surface area contributed by atoms with Crippen molar-refractivity contribution in [2.75, 3.05) is 7.05 Å². The van der Waals surface area contributed by atoms with Crippen molar-refractivity contribution in [3.8, 4) is 5.75 Å². The van der Waals surface area contributed by atoms with Crippen LogP contribution in [0.1, 0.15) is 5.56 Å². The Morgan fingerprint density at radius 1 is 1.50 bits per heavy atom. The summed E-state index contributed by atoms with van der Waals surface area (Å²) in [5.41, 5.74) is 6.77. The lowest BCUT2D eigenvalue weighted by Crippen LogP contribution is -1.95. The maximum absolute atomic E-state index is 9.25. The number of nitrogens with zero attached hydrogens (tertiary/aromatic N) is 2. The van der Waals surface area contributed by atoms with Gasteiger partial charge in [-0.2, -0.15) is 10.2 Å². The molecule has 0 spiro atoms. The molecule has 1 rings (SSSR count). The number of benzene rings is 1. The predicted molar refractivity (Wildman–Crippen MR) is 46.4 cm³/mol. The Hall–Kier alpha value is -1.42. The van der Waals surface area contributed by atoms with E-state index in [1.165, 1.54) is 0 Å². The molecular formula is C8H11N3O. The van der Waals surface area contributed by atoms with Crippen molar-refractivity contribution in [2.45, 2.75) is 6.54 Å². The summed E-state index contributed by atoms with van der Waals surface area (Å²) in [6.45, 7) is 0.304. The lowest BCUT2D eigenvalue weighted by atomic mass is 10.2. The van der Waals surface area contributed by atoms with Gasteiger partial charge in [0, 0.05) is 19.2 Å². The molecule has 4 nitrogen and oxygen atoms in total. The third-order valence-corrected chi connectivity index (χ3v) is 1.50. The van der Waals surface area contributed by atoms with Crippen molar-refractivity contribution in [1.29, 1.82) is 0 Å². The van der Waals surface area contributed by atoms with Gasteiger partial charge in [-0.15, -0.1) is 0 Å². The molecule has 0 aliphatic carbocycles. The van der Waals surface area contributed by atoms with E-state index in [2.05, 4.69) is 10.2 Å². The van der Waals surface area contributed by atoms with E-state index in [4.69, 9.17) is 5.73 Å². The van der Waals surface area contributed by atoms with Crippen LogP contribution in [0.25, 0.3) is 0 Å². The lowest BCUT2D eigenvalue weighted by Gasteiger charge is -2.00. The van der Waals surface area contributed by atoms with Crippen LogP contribution in [0.5, 0.6) is 5.75 Å². The van der Waals surface area contributed by atoms with E-state index in [1.807, 2.05) is 0 Å². The monoisotopic (exact) mass is 165 g/mol. The summed E-state index contributed by atoms with van der Waals surface area (Å²) in [4.78, 5) is 0. The molecule has 0 bridgehead atoms. The zero-order valence-corrected chi connectivity index (χ0v) is 6.86. The normalized spacial score (nSPS) is 10.8. The van der Waals surface area contributed by atoms with E-state index >= 15 is 0 Å². The van der Waals surface area contributed by atoms with Crippen molar-refractivity contribution >= 4 is 5.69 Å². The average molecular weight is 165 g/mol. The van der Waals surface area contributed by atoms with E-state index in [0.717, 1.165) is 0 Å². The fourth-order valence-corrected chi connectivity index (χ4v) is 0.913. The van der Waals surface area contributed by atoms with E-state index in [-0.39, 0.29) is 5.75 Å². The minimum Gasteiger partial charge on any atom is -0.508 e. The second-order valence-corrected chi connectivity index (χ2v) is 2.32. The molecule has 0 heterocycles. The van der Waals surface area contributed by atoms with E-state index in [1.54, 1.807) is 25.2 Å². The molecule has 64 valence electrons. The van der Waals surface area contributed by atoms with Gasteiger partial charge in [-0.25, -0.2) is 0 Å². The number of phenols is 1. The lowest BCUT2D eigenvalue weighted by molar-refractivity contribution is 0.468. The molecule has 3 N–H and O–H groups in total. The Kier molecular flexibility index (Phi) is 2.76. The van der Waals surface area contributed by atoms with Gasteiger partial charge < -0.3 is 10.8 Å². The molecule has 0 amide bonds. The molecule has 0 unspecified atom stereocenters. The maximum Gasteiger partial charge on any atom is 0.120 e. The van der Waals surface area contributed by atoms with Gasteiger partial charge in [0.15, 0.2) is 0 Å². The number of hydrogen-bond donors (Lipinski definition) is 2. The zero-order chi connectivity index (χ0) is 8.97. The quantitative estimate of drug-likeness (QED) is 0.653. The van der Waals surface area contributed by atoms with Crippen LogP contribution in [-0.4, -0.2) is 12.2 Å². The number of rotatable bonds is 2. The molecule has 0 saturated heterocycles. The highest BCUT2D eigenvalue weighted by Crippen LogP contribution is 2.22. The van der Waals surface area contributed by atoms with Crippen LogP contribution in [0.2, 0.25) is 0 Å². The van der Waals surface area contributed by atoms with E-state index < -0.39 is 0 Å². The molecule has 4 heteroatoms. The number of aromatic hydroxyl groups is 1. The number of azo groups is 1. The SMILES string of the molecule is CN=Nc1ccc(O)c(CN)c1. The molecule has 0 saturated carbocycles. The van der Waals surface area contributed by atoms with Crippen molar-refractivity contribution < 1.29 is 5.11 Å². The highest BCUT2D eigenvalue weighted by atomic mass is 16.3. The van der Waals surface area contributed by atoms with Gasteiger partial charge >= 0.3 is 0 Å². The van der Waals surface area contributed by atoms with E-state index in [0.29, 0.717) is 17.8 Å². The third kappa shape index (κ3) is 1.79. The van der Waals surface area contributed by atoms with Crippen molar-refractivity contribution in [3.63, 3.8) is 0 Å². The topological polar surface area (TPSA) is 71.0 Å². The van der Waals surface area contributed by atoms with Crippen LogP contribution in [-0.2, 0) is 6.54 Å². The molecule has 0 fully saturated rings. The predicted octanol–water partition coefficient (Wildman–Crippen LogP) is 1.56. The maximum atomic E-state index is 9.25.